The lowest BCUT2D eigenvalue weighted by Crippen LogP contribution is -2.57. The van der Waals surface area contributed by atoms with Crippen LogP contribution in [0.25, 0.3) is 0 Å². The summed E-state index contributed by atoms with van der Waals surface area (Å²) in [6, 6.07) is 14.8. The van der Waals surface area contributed by atoms with Crippen molar-refractivity contribution < 1.29 is 90.4 Å². The van der Waals surface area contributed by atoms with Crippen LogP contribution in [-0.2, 0) is 12.2 Å². The third kappa shape index (κ3) is 5.68. The quantitative estimate of drug-likeness (QED) is 0.110. The van der Waals surface area contributed by atoms with Crippen molar-refractivity contribution in [3.05, 3.63) is 123 Å². The van der Waals surface area contributed by atoms with Crippen LogP contribution >= 0.6 is 0 Å². The van der Waals surface area contributed by atoms with E-state index in [-0.39, 0.29) is 73.9 Å². The van der Waals surface area contributed by atoms with Gasteiger partial charge in [0, 0.05) is 64.1 Å². The van der Waals surface area contributed by atoms with E-state index >= 15 is 0 Å². The van der Waals surface area contributed by atoms with Gasteiger partial charge in [0.25, 0.3) is 0 Å². The van der Waals surface area contributed by atoms with Gasteiger partial charge >= 0.3 is 5.79 Å². The molecule has 0 saturated carbocycles. The molecule has 324 valence electrons. The van der Waals surface area contributed by atoms with Gasteiger partial charge in [-0.15, -0.1) is 0 Å². The van der Waals surface area contributed by atoms with E-state index in [1.165, 1.54) is 18.2 Å². The molecule has 0 amide bonds. The minimum Gasteiger partial charge on any atom is -0.508 e. The molecule has 0 spiro atoms. The predicted molar refractivity (Wildman–Crippen MR) is 212 cm³/mol. The number of fused-ring (bicyclic) bond motifs is 9. The summed E-state index contributed by atoms with van der Waals surface area (Å²) >= 11 is 0. The zero-order chi connectivity index (χ0) is 44.5. The molecule has 0 saturated heterocycles. The highest BCUT2D eigenvalue weighted by Crippen LogP contribution is 2.65. The zero-order valence-corrected chi connectivity index (χ0v) is 32.1. The van der Waals surface area contributed by atoms with Crippen LogP contribution in [0, 0.1) is 0 Å². The Bertz CT molecular complexity index is 2910. The molecule has 8 atom stereocenters. The average molecular weight is 865 g/mol. The molecule has 0 fully saturated rings. The van der Waals surface area contributed by atoms with Crippen molar-refractivity contribution in [2.24, 2.45) is 0 Å². The summed E-state index contributed by atoms with van der Waals surface area (Å²) in [5, 5.41) is 155. The summed E-state index contributed by atoms with van der Waals surface area (Å²) in [5.74, 6) is -12.6. The third-order valence-corrected chi connectivity index (χ3v) is 12.2. The van der Waals surface area contributed by atoms with Gasteiger partial charge in [0.2, 0.25) is 0 Å². The van der Waals surface area contributed by atoms with E-state index in [0.29, 0.717) is 0 Å². The van der Waals surface area contributed by atoms with Crippen molar-refractivity contribution in [2.45, 2.75) is 54.6 Å². The van der Waals surface area contributed by atoms with Gasteiger partial charge in [-0.2, -0.15) is 0 Å². The molecule has 2 bridgehead atoms. The fraction of sp³-hybridized carbons (Fsp3) is 0.200. The first kappa shape index (κ1) is 39.3. The lowest BCUT2D eigenvalue weighted by molar-refractivity contribution is -0.219. The van der Waals surface area contributed by atoms with Crippen LogP contribution in [0.2, 0.25) is 0 Å². The van der Waals surface area contributed by atoms with Crippen LogP contribution in [-0.4, -0.2) is 89.8 Å². The van der Waals surface area contributed by atoms with Crippen molar-refractivity contribution in [3.8, 4) is 86.2 Å². The Balaban J connectivity index is 1.25. The van der Waals surface area contributed by atoms with Crippen LogP contribution in [0.15, 0.2) is 78.9 Å². The number of benzene rings is 6. The van der Waals surface area contributed by atoms with E-state index in [1.54, 1.807) is 0 Å². The van der Waals surface area contributed by atoms with E-state index in [2.05, 4.69) is 0 Å². The number of aromatic hydroxyl groups is 11. The summed E-state index contributed by atoms with van der Waals surface area (Å²) in [6.07, 6.45) is -8.29. The maximum absolute atomic E-state index is 12.5. The van der Waals surface area contributed by atoms with Gasteiger partial charge in [0.05, 0.1) is 17.9 Å². The molecule has 0 aromatic heterocycles. The highest BCUT2D eigenvalue weighted by Gasteiger charge is 2.61. The van der Waals surface area contributed by atoms with Gasteiger partial charge < -0.3 is 90.4 Å². The monoisotopic (exact) mass is 864 g/mol. The average Bonchev–Trinajstić information content (AvgIpc) is 3.22. The number of aliphatic hydroxyl groups is 3. The van der Waals surface area contributed by atoms with Crippen molar-refractivity contribution >= 4 is 0 Å². The van der Waals surface area contributed by atoms with E-state index in [1.807, 2.05) is 0 Å². The molecule has 0 aliphatic carbocycles. The molecule has 0 radical (unpaired) electrons. The molecule has 4 aliphatic rings. The first-order valence-corrected chi connectivity index (χ1v) is 19.3. The Kier molecular flexibility index (Phi) is 8.49. The van der Waals surface area contributed by atoms with Gasteiger partial charge in [0.1, 0.15) is 70.1 Å². The molecule has 0 unspecified atom stereocenters. The van der Waals surface area contributed by atoms with Crippen molar-refractivity contribution in [1.29, 1.82) is 0 Å². The second kappa shape index (κ2) is 13.6. The first-order chi connectivity index (χ1) is 30.0. The van der Waals surface area contributed by atoms with Gasteiger partial charge in [0.15, 0.2) is 40.6 Å². The molecule has 10 rings (SSSR count). The number of ether oxygens (including phenoxy) is 4. The minimum absolute atomic E-state index is 0.0325. The standard InChI is InChI=1S/C45H36O18/c46-18-10-27(54)33-31(11-18)62-45(17-3-6-22(49)26(53)9-17)44(59)38(33)36-32(63-45)14-29(56)35-37(39(58)41(61-43(35)36)16-2-5-21(48)25(52)8-16)34-28(55)13-23(50)19-12-30(57)40(60-42(19)34)15-1-4-20(47)24(51)7-15/h1-11,13-14,30,37-41,44,46-59H,12H2/t30-,37+,38-,39-,40-,41-,44-,45+/m1/s1. The Morgan fingerprint density at radius 2 is 0.984 bits per heavy atom. The zero-order valence-electron chi connectivity index (χ0n) is 32.1. The second-order valence-electron chi connectivity index (χ2n) is 15.9. The lowest BCUT2D eigenvalue weighted by Gasteiger charge is -2.51. The summed E-state index contributed by atoms with van der Waals surface area (Å²) in [4.78, 5) is 0. The molecular formula is C45H36O18. The molecule has 6 aromatic rings. The SMILES string of the molecule is Oc1cc(O)c2c(c1)O[C@@]1(c3ccc(O)c(O)c3)Oc3cc(O)c4c(c3[C@@H]2[C@H]1O)O[C@H](c1ccc(O)c(O)c1)[C@H](O)[C@H]4c1c(O)cc(O)c2c1O[C@H](c1ccc(O)c(O)c1)[C@H](O)C2. The topological polar surface area (TPSA) is 320 Å². The maximum atomic E-state index is 12.5. The maximum Gasteiger partial charge on any atom is 0.305 e. The number of hydrogen-bond acceptors (Lipinski definition) is 18. The fourth-order valence-electron chi connectivity index (χ4n) is 9.32. The van der Waals surface area contributed by atoms with E-state index in [9.17, 15) is 71.5 Å². The molecule has 18 nitrogen and oxygen atoms in total. The molecular weight excluding hydrogens is 828 g/mol. The van der Waals surface area contributed by atoms with Crippen molar-refractivity contribution in [2.75, 3.05) is 0 Å². The van der Waals surface area contributed by atoms with Gasteiger partial charge in [-0.1, -0.05) is 12.1 Å². The van der Waals surface area contributed by atoms with Crippen LogP contribution < -0.4 is 18.9 Å². The number of phenols is 11. The molecule has 63 heavy (non-hydrogen) atoms. The Labute approximate surface area is 354 Å². The predicted octanol–water partition coefficient (Wildman–Crippen LogP) is 4.24. The number of phenolic OH excluding ortho intramolecular Hbond substituents is 11. The Morgan fingerprint density at radius 3 is 1.62 bits per heavy atom. The third-order valence-electron chi connectivity index (χ3n) is 12.2. The Morgan fingerprint density at radius 1 is 0.444 bits per heavy atom. The molecule has 18 heteroatoms. The second-order valence-corrected chi connectivity index (χ2v) is 15.9. The van der Waals surface area contributed by atoms with Crippen molar-refractivity contribution in [1.82, 2.24) is 0 Å². The summed E-state index contributed by atoms with van der Waals surface area (Å²) < 4.78 is 25.6. The summed E-state index contributed by atoms with van der Waals surface area (Å²) in [7, 11) is 0. The fourth-order valence-corrected chi connectivity index (χ4v) is 9.32. The number of hydrogen-bond donors (Lipinski definition) is 14. The van der Waals surface area contributed by atoms with E-state index in [0.717, 1.165) is 60.7 Å². The van der Waals surface area contributed by atoms with Crippen LogP contribution in [0.3, 0.4) is 0 Å². The molecule has 6 aromatic carbocycles. The van der Waals surface area contributed by atoms with Crippen LogP contribution in [0.4, 0.5) is 0 Å². The van der Waals surface area contributed by atoms with Gasteiger partial charge in [-0.05, 0) is 53.6 Å². The minimum atomic E-state index is -2.31. The summed E-state index contributed by atoms with van der Waals surface area (Å²) in [6.45, 7) is 0. The number of rotatable bonds is 4. The highest BCUT2D eigenvalue weighted by atomic mass is 16.7. The molecule has 4 aliphatic heterocycles. The largest absolute Gasteiger partial charge is 0.508 e. The van der Waals surface area contributed by atoms with Crippen LogP contribution in [0.1, 0.15) is 68.6 Å². The van der Waals surface area contributed by atoms with Gasteiger partial charge in [-0.3, -0.25) is 0 Å². The smallest absolute Gasteiger partial charge is 0.305 e. The molecule has 4 heterocycles. The van der Waals surface area contributed by atoms with Gasteiger partial charge in [-0.25, -0.2) is 0 Å². The van der Waals surface area contributed by atoms with Crippen molar-refractivity contribution in [3.63, 3.8) is 0 Å². The van der Waals surface area contributed by atoms with Crippen LogP contribution in [0.5, 0.6) is 86.2 Å². The first-order valence-electron chi connectivity index (χ1n) is 19.3. The normalized spacial score (nSPS) is 25.2. The number of aliphatic hydroxyl groups excluding tert-OH is 3. The van der Waals surface area contributed by atoms with E-state index in [4.69, 9.17) is 18.9 Å². The molecule has 14 N–H and O–H groups in total. The highest BCUT2D eigenvalue weighted by molar-refractivity contribution is 5.72. The Hall–Kier alpha value is -7.80. The van der Waals surface area contributed by atoms with E-state index < -0.39 is 111 Å². The lowest BCUT2D eigenvalue weighted by atomic mass is 9.71. The summed E-state index contributed by atoms with van der Waals surface area (Å²) in [5.41, 5.74) is -0.583.